The lowest BCUT2D eigenvalue weighted by molar-refractivity contribution is 0.415. The number of nitrogens with zero attached hydrogens (tertiary/aromatic N) is 1. The van der Waals surface area contributed by atoms with E-state index in [1.807, 2.05) is 53.2 Å². The van der Waals surface area contributed by atoms with Gasteiger partial charge in [-0.05, 0) is 35.2 Å². The van der Waals surface area contributed by atoms with Crippen LogP contribution in [-0.2, 0) is 0 Å². The number of ether oxygens (including phenoxy) is 1. The third-order valence-corrected chi connectivity index (χ3v) is 5.48. The number of fused-ring (bicyclic) bond motifs is 1. The summed E-state index contributed by atoms with van der Waals surface area (Å²) >= 11 is 3.05. The molecule has 4 nitrogen and oxygen atoms in total. The Kier molecular flexibility index (Phi) is 4.21. The van der Waals surface area contributed by atoms with E-state index in [4.69, 9.17) is 9.15 Å². The van der Waals surface area contributed by atoms with Crippen molar-refractivity contribution in [3.8, 4) is 16.2 Å². The zero-order valence-corrected chi connectivity index (χ0v) is 14.9. The highest BCUT2D eigenvalue weighted by molar-refractivity contribution is 7.18. The fraction of sp³-hybridized carbons (Fsp3) is 0.0526. The van der Waals surface area contributed by atoms with Crippen LogP contribution in [0.5, 0.6) is 5.75 Å². The summed E-state index contributed by atoms with van der Waals surface area (Å²) in [4.78, 5) is 18.6. The molecule has 0 fully saturated rings. The van der Waals surface area contributed by atoms with Crippen molar-refractivity contribution in [1.29, 1.82) is 0 Å². The van der Waals surface area contributed by atoms with E-state index in [1.165, 1.54) is 11.3 Å². The standard InChI is InChI=1S/C19H13NO3S2/c1-22-13-7-4-12(5-8-13)6-9-16-20-18-17(19(21)23-16)14(11-25-18)15-3-2-10-24-15/h2-11H,1H3/b9-6-. The first-order valence-electron chi connectivity index (χ1n) is 7.53. The van der Waals surface area contributed by atoms with Gasteiger partial charge in [0, 0.05) is 21.9 Å². The molecule has 4 aromatic rings. The summed E-state index contributed by atoms with van der Waals surface area (Å²) in [6, 6.07) is 11.5. The van der Waals surface area contributed by atoms with Crippen LogP contribution < -0.4 is 10.4 Å². The molecule has 0 aliphatic heterocycles. The van der Waals surface area contributed by atoms with Gasteiger partial charge in [-0.1, -0.05) is 18.2 Å². The van der Waals surface area contributed by atoms with Gasteiger partial charge in [0.05, 0.1) is 7.11 Å². The fourth-order valence-electron chi connectivity index (χ4n) is 2.46. The van der Waals surface area contributed by atoms with Crippen molar-refractivity contribution in [1.82, 2.24) is 4.98 Å². The number of thiophene rings is 2. The maximum atomic E-state index is 12.4. The van der Waals surface area contributed by atoms with Crippen molar-refractivity contribution < 1.29 is 9.15 Å². The highest BCUT2D eigenvalue weighted by Crippen LogP contribution is 2.33. The number of benzene rings is 1. The monoisotopic (exact) mass is 367 g/mol. The summed E-state index contributed by atoms with van der Waals surface area (Å²) < 4.78 is 10.5. The Morgan fingerprint density at radius 3 is 2.68 bits per heavy atom. The molecule has 3 aromatic heterocycles. The molecule has 0 saturated heterocycles. The molecule has 124 valence electrons. The number of aromatic nitrogens is 1. The van der Waals surface area contributed by atoms with E-state index in [9.17, 15) is 4.79 Å². The molecule has 0 aliphatic carbocycles. The molecule has 0 bridgehead atoms. The minimum Gasteiger partial charge on any atom is -0.497 e. The van der Waals surface area contributed by atoms with E-state index in [2.05, 4.69) is 4.98 Å². The zero-order chi connectivity index (χ0) is 17.2. The van der Waals surface area contributed by atoms with Crippen molar-refractivity contribution in [3.63, 3.8) is 0 Å². The van der Waals surface area contributed by atoms with Crippen LogP contribution in [0.15, 0.2) is 56.4 Å². The number of methoxy groups -OCH3 is 1. The smallest absolute Gasteiger partial charge is 0.348 e. The second-order valence-corrected chi connectivity index (χ2v) is 7.06. The molecule has 0 aliphatic rings. The topological polar surface area (TPSA) is 52.3 Å². The average Bonchev–Trinajstić information content (AvgIpc) is 3.29. The van der Waals surface area contributed by atoms with Crippen LogP contribution in [0.25, 0.3) is 32.8 Å². The van der Waals surface area contributed by atoms with Crippen LogP contribution in [0, 0.1) is 0 Å². The number of hydrogen-bond acceptors (Lipinski definition) is 6. The van der Waals surface area contributed by atoms with Gasteiger partial charge in [-0.2, -0.15) is 0 Å². The predicted molar refractivity (Wildman–Crippen MR) is 103 cm³/mol. The first-order valence-corrected chi connectivity index (χ1v) is 9.29. The Labute approximate surface area is 151 Å². The molecule has 25 heavy (non-hydrogen) atoms. The molecule has 1 aromatic carbocycles. The van der Waals surface area contributed by atoms with Gasteiger partial charge in [-0.25, -0.2) is 9.78 Å². The highest BCUT2D eigenvalue weighted by Gasteiger charge is 2.14. The Hall–Kier alpha value is -2.70. The lowest BCUT2D eigenvalue weighted by atomic mass is 10.2. The van der Waals surface area contributed by atoms with Gasteiger partial charge >= 0.3 is 5.63 Å². The molecule has 6 heteroatoms. The van der Waals surface area contributed by atoms with E-state index in [-0.39, 0.29) is 5.63 Å². The SMILES string of the molecule is COc1ccc(/C=C\c2nc3scc(-c4cccs4)c3c(=O)o2)cc1. The van der Waals surface area contributed by atoms with Gasteiger partial charge in [0.15, 0.2) is 0 Å². The molecule has 0 amide bonds. The van der Waals surface area contributed by atoms with Crippen LogP contribution in [0.2, 0.25) is 0 Å². The molecule has 0 N–H and O–H groups in total. The third-order valence-electron chi connectivity index (χ3n) is 3.71. The van der Waals surface area contributed by atoms with Gasteiger partial charge in [-0.15, -0.1) is 22.7 Å². The van der Waals surface area contributed by atoms with Crippen LogP contribution >= 0.6 is 22.7 Å². The Morgan fingerprint density at radius 2 is 1.96 bits per heavy atom. The van der Waals surface area contributed by atoms with Crippen molar-refractivity contribution in [3.05, 3.63) is 69.0 Å². The first kappa shape index (κ1) is 15.8. The predicted octanol–water partition coefficient (Wildman–Crippen LogP) is 5.16. The number of hydrogen-bond donors (Lipinski definition) is 0. The molecular formula is C19H13NO3S2. The fourth-order valence-corrected chi connectivity index (χ4v) is 4.21. The molecular weight excluding hydrogens is 354 g/mol. The first-order chi connectivity index (χ1) is 12.2. The Morgan fingerprint density at radius 1 is 1.12 bits per heavy atom. The second kappa shape index (κ2) is 6.66. The number of rotatable bonds is 4. The maximum absolute atomic E-state index is 12.4. The average molecular weight is 367 g/mol. The highest BCUT2D eigenvalue weighted by atomic mass is 32.1. The largest absolute Gasteiger partial charge is 0.497 e. The van der Waals surface area contributed by atoms with Crippen molar-refractivity contribution in [2.75, 3.05) is 7.11 Å². The molecule has 0 unspecified atom stereocenters. The summed E-state index contributed by atoms with van der Waals surface area (Å²) in [5.41, 5.74) is 1.50. The van der Waals surface area contributed by atoms with Gasteiger partial charge < -0.3 is 9.15 Å². The minimum absolute atomic E-state index is 0.299. The van der Waals surface area contributed by atoms with E-state index in [0.717, 1.165) is 21.8 Å². The zero-order valence-electron chi connectivity index (χ0n) is 13.3. The summed E-state index contributed by atoms with van der Waals surface area (Å²) in [5, 5.41) is 4.49. The van der Waals surface area contributed by atoms with Gasteiger partial charge in [0.25, 0.3) is 0 Å². The lowest BCUT2D eigenvalue weighted by Crippen LogP contribution is -2.01. The molecule has 0 saturated carbocycles. The normalized spacial score (nSPS) is 11.4. The van der Waals surface area contributed by atoms with Gasteiger partial charge in [-0.3, -0.25) is 0 Å². The molecule has 3 heterocycles. The third kappa shape index (κ3) is 3.14. The summed E-state index contributed by atoms with van der Waals surface area (Å²) in [7, 11) is 1.63. The molecule has 0 atom stereocenters. The Balaban J connectivity index is 1.69. The van der Waals surface area contributed by atoms with Crippen LogP contribution in [0.1, 0.15) is 11.5 Å². The van der Waals surface area contributed by atoms with Gasteiger partial charge in [0.2, 0.25) is 5.89 Å². The van der Waals surface area contributed by atoms with Crippen molar-refractivity contribution in [2.24, 2.45) is 0 Å². The van der Waals surface area contributed by atoms with E-state index < -0.39 is 0 Å². The van der Waals surface area contributed by atoms with E-state index in [1.54, 1.807) is 24.5 Å². The molecule has 0 spiro atoms. The molecule has 0 radical (unpaired) electrons. The maximum Gasteiger partial charge on any atom is 0.348 e. The Bertz CT molecular complexity index is 1090. The van der Waals surface area contributed by atoms with Crippen molar-refractivity contribution in [2.45, 2.75) is 0 Å². The lowest BCUT2D eigenvalue weighted by Gasteiger charge is -1.99. The molecule has 4 rings (SSSR count). The van der Waals surface area contributed by atoms with Crippen LogP contribution in [0.4, 0.5) is 0 Å². The van der Waals surface area contributed by atoms with Crippen molar-refractivity contribution >= 4 is 45.0 Å². The van der Waals surface area contributed by atoms with E-state index >= 15 is 0 Å². The van der Waals surface area contributed by atoms with Gasteiger partial charge in [0.1, 0.15) is 16.0 Å². The van der Waals surface area contributed by atoms with E-state index in [0.29, 0.717) is 16.1 Å². The summed E-state index contributed by atoms with van der Waals surface area (Å²) in [6.07, 6.45) is 3.55. The summed E-state index contributed by atoms with van der Waals surface area (Å²) in [5.74, 6) is 1.09. The van der Waals surface area contributed by atoms with Crippen LogP contribution in [0.3, 0.4) is 0 Å². The summed E-state index contributed by atoms with van der Waals surface area (Å²) in [6.45, 7) is 0. The second-order valence-electron chi connectivity index (χ2n) is 5.25. The van der Waals surface area contributed by atoms with Crippen LogP contribution in [-0.4, -0.2) is 12.1 Å². The quantitative estimate of drug-likeness (QED) is 0.500. The minimum atomic E-state index is -0.357.